The summed E-state index contributed by atoms with van der Waals surface area (Å²) in [5.74, 6) is 1.01. The van der Waals surface area contributed by atoms with E-state index < -0.39 is 0 Å². The fourth-order valence-corrected chi connectivity index (χ4v) is 1.64. The highest BCUT2D eigenvalue weighted by atomic mass is 16.6. The molecule has 0 radical (unpaired) electrons. The molecule has 0 spiro atoms. The fraction of sp³-hybridized carbons (Fsp3) is 0.500. The largest absolute Gasteiger partial charge is 0.465 e. The summed E-state index contributed by atoms with van der Waals surface area (Å²) in [6.45, 7) is 4.07. The molecule has 1 fully saturated rings. The zero-order valence-electron chi connectivity index (χ0n) is 8.19. The highest BCUT2D eigenvalue weighted by Gasteiger charge is 2.38. The Morgan fingerprint density at radius 2 is 2.29 bits per heavy atom. The standard InChI is InChI=1S/C10H13NO3/c1-6(2)8-9(14-10(12)11-8)7-4-3-5-13-7/h3-6,8-9H,1-2H3,(H,11,12)/t8-,9+/m0/s1. The molecule has 0 aliphatic carbocycles. The quantitative estimate of drug-likeness (QED) is 0.786. The van der Waals surface area contributed by atoms with Gasteiger partial charge in [-0.2, -0.15) is 0 Å². The van der Waals surface area contributed by atoms with E-state index in [2.05, 4.69) is 5.32 Å². The number of alkyl carbamates (subject to hydrolysis) is 1. The molecule has 0 aromatic carbocycles. The molecule has 0 saturated carbocycles. The molecular weight excluding hydrogens is 182 g/mol. The minimum Gasteiger partial charge on any atom is -0.465 e. The van der Waals surface area contributed by atoms with Crippen molar-refractivity contribution in [3.63, 3.8) is 0 Å². The predicted molar refractivity (Wildman–Crippen MR) is 49.7 cm³/mol. The van der Waals surface area contributed by atoms with Crippen LogP contribution in [0.25, 0.3) is 0 Å². The lowest BCUT2D eigenvalue weighted by Gasteiger charge is -2.17. The molecule has 4 nitrogen and oxygen atoms in total. The third-order valence-electron chi connectivity index (χ3n) is 2.39. The lowest BCUT2D eigenvalue weighted by atomic mass is 9.98. The first kappa shape index (κ1) is 9.12. The van der Waals surface area contributed by atoms with Gasteiger partial charge in [0.25, 0.3) is 0 Å². The Labute approximate surface area is 82.2 Å². The summed E-state index contributed by atoms with van der Waals surface area (Å²) in [5.41, 5.74) is 0. The third-order valence-corrected chi connectivity index (χ3v) is 2.39. The second-order valence-corrected chi connectivity index (χ2v) is 3.76. The van der Waals surface area contributed by atoms with Gasteiger partial charge in [-0.3, -0.25) is 0 Å². The molecule has 1 saturated heterocycles. The molecule has 76 valence electrons. The van der Waals surface area contributed by atoms with Gasteiger partial charge in [0.15, 0.2) is 6.10 Å². The molecule has 2 heterocycles. The number of furan rings is 1. The maximum atomic E-state index is 11.1. The molecule has 1 N–H and O–H groups in total. The van der Waals surface area contributed by atoms with Crippen molar-refractivity contribution < 1.29 is 13.9 Å². The van der Waals surface area contributed by atoms with Crippen LogP contribution >= 0.6 is 0 Å². The van der Waals surface area contributed by atoms with Crippen LogP contribution in [0.15, 0.2) is 22.8 Å². The maximum Gasteiger partial charge on any atom is 0.408 e. The predicted octanol–water partition coefficient (Wildman–Crippen LogP) is 2.09. The van der Waals surface area contributed by atoms with Crippen molar-refractivity contribution in [3.8, 4) is 0 Å². The molecule has 0 unspecified atom stereocenters. The summed E-state index contributed by atoms with van der Waals surface area (Å²) >= 11 is 0. The minimum atomic E-state index is -0.370. The average molecular weight is 195 g/mol. The van der Waals surface area contributed by atoms with E-state index in [-0.39, 0.29) is 18.2 Å². The zero-order chi connectivity index (χ0) is 10.1. The second kappa shape index (κ2) is 3.36. The van der Waals surface area contributed by atoms with Gasteiger partial charge in [-0.05, 0) is 18.1 Å². The van der Waals surface area contributed by atoms with Crippen LogP contribution in [0, 0.1) is 5.92 Å². The van der Waals surface area contributed by atoms with Gasteiger partial charge in [0.05, 0.1) is 12.3 Å². The summed E-state index contributed by atoms with van der Waals surface area (Å²) in [7, 11) is 0. The highest BCUT2D eigenvalue weighted by Crippen LogP contribution is 2.30. The topological polar surface area (TPSA) is 51.5 Å². The number of carbonyl (C=O) groups is 1. The van der Waals surface area contributed by atoms with Crippen LogP contribution in [-0.4, -0.2) is 12.1 Å². The Hall–Kier alpha value is -1.45. The smallest absolute Gasteiger partial charge is 0.408 e. The molecule has 2 atom stereocenters. The summed E-state index contributed by atoms with van der Waals surface area (Å²) < 4.78 is 10.4. The molecule has 0 bridgehead atoms. The number of amides is 1. The fourth-order valence-electron chi connectivity index (χ4n) is 1.64. The lowest BCUT2D eigenvalue weighted by molar-refractivity contribution is 0.110. The Kier molecular flexibility index (Phi) is 2.19. The van der Waals surface area contributed by atoms with Gasteiger partial charge in [0, 0.05) is 0 Å². The van der Waals surface area contributed by atoms with E-state index in [0.717, 1.165) is 0 Å². The normalized spacial score (nSPS) is 26.4. The average Bonchev–Trinajstić information content (AvgIpc) is 2.70. The first-order valence-electron chi connectivity index (χ1n) is 4.69. The van der Waals surface area contributed by atoms with Crippen LogP contribution in [0.5, 0.6) is 0 Å². The van der Waals surface area contributed by atoms with E-state index in [1.807, 2.05) is 19.9 Å². The van der Waals surface area contributed by atoms with Crippen LogP contribution in [0.1, 0.15) is 25.7 Å². The zero-order valence-corrected chi connectivity index (χ0v) is 8.19. The number of cyclic esters (lactones) is 1. The van der Waals surface area contributed by atoms with Crippen LogP contribution in [0.3, 0.4) is 0 Å². The minimum absolute atomic E-state index is 0.00588. The van der Waals surface area contributed by atoms with Crippen LogP contribution < -0.4 is 5.32 Å². The maximum absolute atomic E-state index is 11.1. The van der Waals surface area contributed by atoms with Gasteiger partial charge in [-0.25, -0.2) is 4.79 Å². The van der Waals surface area contributed by atoms with Crippen LogP contribution in [0.2, 0.25) is 0 Å². The molecule has 2 rings (SSSR count). The van der Waals surface area contributed by atoms with E-state index in [1.54, 1.807) is 12.3 Å². The van der Waals surface area contributed by atoms with Gasteiger partial charge < -0.3 is 14.5 Å². The van der Waals surface area contributed by atoms with Crippen LogP contribution in [-0.2, 0) is 4.74 Å². The Bertz CT molecular complexity index is 318. The summed E-state index contributed by atoms with van der Waals surface area (Å²) in [6.07, 6.45) is 0.918. The molecule has 1 aliphatic rings. The van der Waals surface area contributed by atoms with Crippen molar-refractivity contribution in [2.45, 2.75) is 26.0 Å². The van der Waals surface area contributed by atoms with E-state index in [0.29, 0.717) is 11.7 Å². The van der Waals surface area contributed by atoms with Crippen molar-refractivity contribution in [1.82, 2.24) is 5.32 Å². The molecule has 1 amide bonds. The number of rotatable bonds is 2. The van der Waals surface area contributed by atoms with Crippen LogP contribution in [0.4, 0.5) is 4.79 Å². The van der Waals surface area contributed by atoms with Gasteiger partial charge in [0.2, 0.25) is 0 Å². The first-order chi connectivity index (χ1) is 6.68. The van der Waals surface area contributed by atoms with Gasteiger partial charge in [0.1, 0.15) is 5.76 Å². The molecule has 1 aliphatic heterocycles. The van der Waals surface area contributed by atoms with Crippen molar-refractivity contribution >= 4 is 6.09 Å². The summed E-state index contributed by atoms with van der Waals surface area (Å²) in [4.78, 5) is 11.1. The van der Waals surface area contributed by atoms with Crippen molar-refractivity contribution in [1.29, 1.82) is 0 Å². The van der Waals surface area contributed by atoms with Crippen molar-refractivity contribution in [2.24, 2.45) is 5.92 Å². The molecule has 4 heteroatoms. The van der Waals surface area contributed by atoms with Crippen molar-refractivity contribution in [2.75, 3.05) is 0 Å². The second-order valence-electron chi connectivity index (χ2n) is 3.76. The Morgan fingerprint density at radius 1 is 1.50 bits per heavy atom. The SMILES string of the molecule is CC(C)[C@@H]1NC(=O)O[C@@H]1c1ccco1. The number of nitrogens with one attached hydrogen (secondary N) is 1. The number of hydrogen-bond acceptors (Lipinski definition) is 3. The molecule has 1 aromatic rings. The van der Waals surface area contributed by atoms with Gasteiger partial charge in [-0.15, -0.1) is 0 Å². The number of ether oxygens (including phenoxy) is 1. The van der Waals surface area contributed by atoms with E-state index >= 15 is 0 Å². The van der Waals surface area contributed by atoms with Gasteiger partial charge >= 0.3 is 6.09 Å². The Balaban J connectivity index is 2.21. The summed E-state index contributed by atoms with van der Waals surface area (Å²) in [5, 5.41) is 2.77. The lowest BCUT2D eigenvalue weighted by Crippen LogP contribution is -2.32. The van der Waals surface area contributed by atoms with Crippen molar-refractivity contribution in [3.05, 3.63) is 24.2 Å². The van der Waals surface area contributed by atoms with E-state index in [1.165, 1.54) is 0 Å². The van der Waals surface area contributed by atoms with E-state index in [9.17, 15) is 4.79 Å². The number of hydrogen-bond donors (Lipinski definition) is 1. The summed E-state index contributed by atoms with van der Waals surface area (Å²) in [6, 6.07) is 3.60. The molecular formula is C10H13NO3. The number of carbonyl (C=O) groups excluding carboxylic acids is 1. The molecule has 14 heavy (non-hydrogen) atoms. The third kappa shape index (κ3) is 1.47. The monoisotopic (exact) mass is 195 g/mol. The highest BCUT2D eigenvalue weighted by molar-refractivity contribution is 5.70. The van der Waals surface area contributed by atoms with Gasteiger partial charge in [-0.1, -0.05) is 13.8 Å². The Morgan fingerprint density at radius 3 is 2.86 bits per heavy atom. The first-order valence-corrected chi connectivity index (χ1v) is 4.69. The van der Waals surface area contributed by atoms with E-state index in [4.69, 9.17) is 9.15 Å². The molecule has 1 aromatic heterocycles.